The maximum Gasteiger partial charge on any atom is 0.310 e. The summed E-state index contributed by atoms with van der Waals surface area (Å²) in [6.07, 6.45) is 0.0895. The van der Waals surface area contributed by atoms with Gasteiger partial charge in [-0.15, -0.1) is 0 Å². The molecule has 0 aliphatic heterocycles. The van der Waals surface area contributed by atoms with Crippen LogP contribution in [-0.4, -0.2) is 24.1 Å². The van der Waals surface area contributed by atoms with Gasteiger partial charge in [-0.1, -0.05) is 18.2 Å². The number of para-hydroxylation sites is 1. The van der Waals surface area contributed by atoms with Gasteiger partial charge in [0.1, 0.15) is 11.4 Å². The van der Waals surface area contributed by atoms with Gasteiger partial charge in [0.25, 0.3) is 5.91 Å². The van der Waals surface area contributed by atoms with Gasteiger partial charge < -0.3 is 15.2 Å². The third kappa shape index (κ3) is 5.90. The maximum absolute atomic E-state index is 11.7. The highest BCUT2D eigenvalue weighted by Gasteiger charge is 2.18. The van der Waals surface area contributed by atoms with Crippen molar-refractivity contribution in [2.24, 2.45) is 5.73 Å². The monoisotopic (exact) mass is 265 g/mol. The summed E-state index contributed by atoms with van der Waals surface area (Å²) in [6.45, 7) is 5.20. The Morgan fingerprint density at radius 1 is 1.21 bits per heavy atom. The Morgan fingerprint density at radius 2 is 1.84 bits per heavy atom. The number of primary amides is 1. The SMILES string of the molecule is CC(C)(C)OC(=O)Cc1ccccc1OCC(N)=O. The number of carbonyl (C=O) groups is 2. The summed E-state index contributed by atoms with van der Waals surface area (Å²) in [4.78, 5) is 22.4. The molecule has 0 saturated carbocycles. The summed E-state index contributed by atoms with van der Waals surface area (Å²) >= 11 is 0. The van der Waals surface area contributed by atoms with E-state index in [1.54, 1.807) is 45.0 Å². The molecule has 1 amide bonds. The molecule has 1 aromatic rings. The molecule has 0 fully saturated rings. The molecule has 0 aliphatic carbocycles. The van der Waals surface area contributed by atoms with Crippen LogP contribution in [0.5, 0.6) is 5.75 Å². The van der Waals surface area contributed by atoms with Crippen molar-refractivity contribution in [2.75, 3.05) is 6.61 Å². The standard InChI is InChI=1S/C14H19NO4/c1-14(2,3)19-13(17)8-10-6-4-5-7-11(10)18-9-12(15)16/h4-7H,8-9H2,1-3H3,(H2,15,16). The molecule has 0 aliphatic rings. The maximum atomic E-state index is 11.7. The lowest BCUT2D eigenvalue weighted by Crippen LogP contribution is -2.25. The van der Waals surface area contributed by atoms with E-state index in [1.807, 2.05) is 0 Å². The third-order valence-corrected chi connectivity index (χ3v) is 2.10. The van der Waals surface area contributed by atoms with Crippen LogP contribution >= 0.6 is 0 Å². The van der Waals surface area contributed by atoms with Crippen LogP contribution in [0, 0.1) is 0 Å². The predicted molar refractivity (Wildman–Crippen MR) is 70.7 cm³/mol. The number of amides is 1. The number of benzene rings is 1. The summed E-state index contributed by atoms with van der Waals surface area (Å²) in [5, 5.41) is 0. The number of hydrogen-bond acceptors (Lipinski definition) is 4. The Hall–Kier alpha value is -2.04. The topological polar surface area (TPSA) is 78.6 Å². The molecule has 5 heteroatoms. The molecule has 0 heterocycles. The first-order chi connectivity index (χ1) is 8.78. The molecule has 1 rings (SSSR count). The molecule has 5 nitrogen and oxygen atoms in total. The van der Waals surface area contributed by atoms with Crippen LogP contribution in [0.25, 0.3) is 0 Å². The van der Waals surface area contributed by atoms with Crippen LogP contribution in [-0.2, 0) is 20.7 Å². The molecule has 104 valence electrons. The van der Waals surface area contributed by atoms with E-state index in [2.05, 4.69) is 0 Å². The van der Waals surface area contributed by atoms with Crippen LogP contribution < -0.4 is 10.5 Å². The van der Waals surface area contributed by atoms with E-state index in [1.165, 1.54) is 0 Å². The average molecular weight is 265 g/mol. The van der Waals surface area contributed by atoms with Crippen molar-refractivity contribution < 1.29 is 19.1 Å². The van der Waals surface area contributed by atoms with Gasteiger partial charge in [0.2, 0.25) is 0 Å². The molecule has 0 aromatic heterocycles. The molecule has 2 N–H and O–H groups in total. The number of ether oxygens (including phenoxy) is 2. The summed E-state index contributed by atoms with van der Waals surface area (Å²) in [6, 6.07) is 6.98. The molecule has 19 heavy (non-hydrogen) atoms. The second-order valence-electron chi connectivity index (χ2n) is 5.13. The second kappa shape index (κ2) is 6.22. The van der Waals surface area contributed by atoms with Gasteiger partial charge in [-0.2, -0.15) is 0 Å². The zero-order chi connectivity index (χ0) is 14.5. The molecule has 0 spiro atoms. The van der Waals surface area contributed by atoms with E-state index in [0.29, 0.717) is 11.3 Å². The number of rotatable bonds is 5. The van der Waals surface area contributed by atoms with Gasteiger partial charge in [-0.3, -0.25) is 9.59 Å². The van der Waals surface area contributed by atoms with Crippen molar-refractivity contribution >= 4 is 11.9 Å². The van der Waals surface area contributed by atoms with Gasteiger partial charge in [-0.25, -0.2) is 0 Å². The highest BCUT2D eigenvalue weighted by Crippen LogP contribution is 2.20. The van der Waals surface area contributed by atoms with Gasteiger partial charge in [0, 0.05) is 5.56 Å². The first kappa shape index (κ1) is 15.0. The summed E-state index contributed by atoms with van der Waals surface area (Å²) in [5.41, 5.74) is 5.16. The third-order valence-electron chi connectivity index (χ3n) is 2.10. The fourth-order valence-electron chi connectivity index (χ4n) is 1.47. The van der Waals surface area contributed by atoms with E-state index in [-0.39, 0.29) is 19.0 Å². The lowest BCUT2D eigenvalue weighted by molar-refractivity contribution is -0.153. The Kier molecular flexibility index (Phi) is 4.92. The lowest BCUT2D eigenvalue weighted by Gasteiger charge is -2.20. The van der Waals surface area contributed by atoms with E-state index in [4.69, 9.17) is 15.2 Å². The Balaban J connectivity index is 2.72. The minimum absolute atomic E-state index is 0.0895. The predicted octanol–water partition coefficient (Wildman–Crippen LogP) is 1.43. The number of hydrogen-bond donors (Lipinski definition) is 1. The normalized spacial score (nSPS) is 10.9. The fourth-order valence-corrected chi connectivity index (χ4v) is 1.47. The highest BCUT2D eigenvalue weighted by molar-refractivity contribution is 5.76. The lowest BCUT2D eigenvalue weighted by atomic mass is 10.1. The van der Waals surface area contributed by atoms with E-state index in [9.17, 15) is 9.59 Å². The van der Waals surface area contributed by atoms with Crippen molar-refractivity contribution in [3.63, 3.8) is 0 Å². The van der Waals surface area contributed by atoms with Gasteiger partial charge in [-0.05, 0) is 26.8 Å². The van der Waals surface area contributed by atoms with Gasteiger partial charge >= 0.3 is 5.97 Å². The smallest absolute Gasteiger partial charge is 0.310 e. The largest absolute Gasteiger partial charge is 0.483 e. The molecule has 1 aromatic carbocycles. The number of esters is 1. The first-order valence-electron chi connectivity index (χ1n) is 5.99. The quantitative estimate of drug-likeness (QED) is 0.817. The summed E-state index contributed by atoms with van der Waals surface area (Å²) in [5.74, 6) is -0.443. The van der Waals surface area contributed by atoms with Crippen molar-refractivity contribution in [1.29, 1.82) is 0 Å². The molecule has 0 atom stereocenters. The summed E-state index contributed by atoms with van der Waals surface area (Å²) in [7, 11) is 0. The van der Waals surface area contributed by atoms with E-state index < -0.39 is 11.5 Å². The van der Waals surface area contributed by atoms with Gasteiger partial charge in [0.15, 0.2) is 6.61 Å². The highest BCUT2D eigenvalue weighted by atomic mass is 16.6. The molecular weight excluding hydrogens is 246 g/mol. The Morgan fingerprint density at radius 3 is 2.42 bits per heavy atom. The van der Waals surface area contributed by atoms with Crippen LogP contribution in [0.2, 0.25) is 0 Å². The molecule has 0 bridgehead atoms. The zero-order valence-electron chi connectivity index (χ0n) is 11.4. The summed E-state index contributed by atoms with van der Waals surface area (Å²) < 4.78 is 10.5. The van der Waals surface area contributed by atoms with Crippen LogP contribution in [0.3, 0.4) is 0 Å². The Labute approximate surface area is 112 Å². The number of nitrogens with two attached hydrogens (primary N) is 1. The van der Waals surface area contributed by atoms with Crippen LogP contribution in [0.1, 0.15) is 26.3 Å². The molecule has 0 radical (unpaired) electrons. The Bertz CT molecular complexity index is 463. The van der Waals surface area contributed by atoms with E-state index in [0.717, 1.165) is 0 Å². The van der Waals surface area contributed by atoms with E-state index >= 15 is 0 Å². The molecule has 0 saturated heterocycles. The fraction of sp³-hybridized carbons (Fsp3) is 0.429. The minimum Gasteiger partial charge on any atom is -0.483 e. The van der Waals surface area contributed by atoms with Crippen molar-refractivity contribution in [2.45, 2.75) is 32.8 Å². The zero-order valence-corrected chi connectivity index (χ0v) is 11.4. The van der Waals surface area contributed by atoms with Gasteiger partial charge in [0.05, 0.1) is 6.42 Å². The minimum atomic E-state index is -0.563. The van der Waals surface area contributed by atoms with Crippen molar-refractivity contribution in [1.82, 2.24) is 0 Å². The first-order valence-corrected chi connectivity index (χ1v) is 5.99. The van der Waals surface area contributed by atoms with Crippen molar-refractivity contribution in [3.8, 4) is 5.75 Å². The molecule has 0 unspecified atom stereocenters. The molecular formula is C14H19NO4. The van der Waals surface area contributed by atoms with Crippen molar-refractivity contribution in [3.05, 3.63) is 29.8 Å². The number of carbonyl (C=O) groups excluding carboxylic acids is 2. The van der Waals surface area contributed by atoms with Crippen LogP contribution in [0.15, 0.2) is 24.3 Å². The van der Waals surface area contributed by atoms with Crippen LogP contribution in [0.4, 0.5) is 0 Å². The average Bonchev–Trinajstić information content (AvgIpc) is 2.25. The second-order valence-corrected chi connectivity index (χ2v) is 5.13.